The highest BCUT2D eigenvalue weighted by Gasteiger charge is 2.26. The molecule has 1 atom stereocenters. The molecule has 0 fully saturated rings. The molecule has 0 bridgehead atoms. The van der Waals surface area contributed by atoms with Gasteiger partial charge in [0.25, 0.3) is 0 Å². The molecule has 6 heteroatoms. The molecule has 0 saturated carbocycles. The molecule has 0 radical (unpaired) electrons. The van der Waals surface area contributed by atoms with Crippen molar-refractivity contribution in [2.24, 2.45) is 10.7 Å². The first kappa shape index (κ1) is 13.9. The Bertz CT molecular complexity index is 620. The molecule has 6 nitrogen and oxygen atoms in total. The summed E-state index contributed by atoms with van der Waals surface area (Å²) < 4.78 is 5.08. The van der Waals surface area contributed by atoms with E-state index in [0.29, 0.717) is 17.0 Å². The third-order valence-electron chi connectivity index (χ3n) is 3.16. The highest BCUT2D eigenvalue weighted by Crippen LogP contribution is 2.35. The Morgan fingerprint density at radius 3 is 2.80 bits per heavy atom. The fraction of sp³-hybridized carbons (Fsp3) is 0.286. The lowest BCUT2D eigenvalue weighted by Gasteiger charge is -2.24. The Hall–Kier alpha value is -2.50. The summed E-state index contributed by atoms with van der Waals surface area (Å²) in [6, 6.07) is 4.36. The maximum Gasteiger partial charge on any atom is 0.193 e. The summed E-state index contributed by atoms with van der Waals surface area (Å²) >= 11 is 0. The van der Waals surface area contributed by atoms with Crippen molar-refractivity contribution in [3.05, 3.63) is 35.0 Å². The first-order valence-electron chi connectivity index (χ1n) is 6.13. The standard InChI is InChI=1S/C14H17N3O3/c1-7-12(8(2)18)13(17-14(15)16-7)9-4-5-10(19)11(6-9)20-3/h4-6,13,19H,1-3H3,(H3,15,16,17)/t13-/m0/s1. The van der Waals surface area contributed by atoms with Crippen molar-refractivity contribution in [1.82, 2.24) is 5.32 Å². The number of rotatable bonds is 3. The predicted molar refractivity (Wildman–Crippen MR) is 75.5 cm³/mol. The second kappa shape index (κ2) is 5.24. The molecule has 1 aliphatic heterocycles. The summed E-state index contributed by atoms with van der Waals surface area (Å²) in [5.74, 6) is 0.537. The minimum Gasteiger partial charge on any atom is -0.504 e. The molecule has 1 aliphatic rings. The average molecular weight is 275 g/mol. The second-order valence-corrected chi connectivity index (χ2v) is 4.57. The van der Waals surface area contributed by atoms with Gasteiger partial charge in [0.2, 0.25) is 0 Å². The number of methoxy groups -OCH3 is 1. The zero-order valence-corrected chi connectivity index (χ0v) is 11.6. The Morgan fingerprint density at radius 1 is 1.50 bits per heavy atom. The van der Waals surface area contributed by atoms with E-state index in [4.69, 9.17) is 10.5 Å². The summed E-state index contributed by atoms with van der Waals surface area (Å²) in [6.07, 6.45) is 0. The van der Waals surface area contributed by atoms with E-state index in [9.17, 15) is 9.90 Å². The van der Waals surface area contributed by atoms with Crippen molar-refractivity contribution in [2.45, 2.75) is 19.9 Å². The van der Waals surface area contributed by atoms with Gasteiger partial charge in [-0.05, 0) is 31.5 Å². The SMILES string of the molecule is COc1cc([C@@H]2N=C(N)NC(C)=C2C(C)=O)ccc1O. The number of nitrogens with zero attached hydrogens (tertiary/aromatic N) is 1. The average Bonchev–Trinajstić information content (AvgIpc) is 2.37. The third kappa shape index (κ3) is 2.45. The van der Waals surface area contributed by atoms with Gasteiger partial charge in [0.15, 0.2) is 23.2 Å². The van der Waals surface area contributed by atoms with Crippen LogP contribution in [0.3, 0.4) is 0 Å². The van der Waals surface area contributed by atoms with Crippen LogP contribution < -0.4 is 15.8 Å². The number of guanidine groups is 1. The highest BCUT2D eigenvalue weighted by atomic mass is 16.5. The highest BCUT2D eigenvalue weighted by molar-refractivity contribution is 5.98. The number of phenols is 1. The van der Waals surface area contributed by atoms with Crippen LogP contribution in [0, 0.1) is 0 Å². The number of ether oxygens (including phenoxy) is 1. The smallest absolute Gasteiger partial charge is 0.193 e. The second-order valence-electron chi connectivity index (χ2n) is 4.57. The minimum absolute atomic E-state index is 0.0345. The van der Waals surface area contributed by atoms with Gasteiger partial charge in [-0.2, -0.15) is 0 Å². The van der Waals surface area contributed by atoms with E-state index in [1.165, 1.54) is 20.1 Å². The Balaban J connectivity index is 2.53. The zero-order chi connectivity index (χ0) is 14.9. The first-order valence-corrected chi connectivity index (χ1v) is 6.13. The molecule has 1 aromatic rings. The number of hydrogen-bond donors (Lipinski definition) is 3. The number of nitrogens with one attached hydrogen (secondary N) is 1. The Morgan fingerprint density at radius 2 is 2.20 bits per heavy atom. The van der Waals surface area contributed by atoms with Crippen LogP contribution >= 0.6 is 0 Å². The molecular formula is C14H17N3O3. The van der Waals surface area contributed by atoms with Crippen LogP contribution in [0.15, 0.2) is 34.5 Å². The molecule has 106 valence electrons. The Labute approximate surface area is 117 Å². The van der Waals surface area contributed by atoms with E-state index in [2.05, 4.69) is 10.3 Å². The van der Waals surface area contributed by atoms with Crippen LogP contribution in [0.4, 0.5) is 0 Å². The molecule has 0 saturated heterocycles. The van der Waals surface area contributed by atoms with E-state index < -0.39 is 6.04 Å². The number of allylic oxidation sites excluding steroid dienone is 1. The number of Topliss-reactive ketones (excluding diaryl/α,β-unsaturated/α-hetero) is 1. The largest absolute Gasteiger partial charge is 0.504 e. The van der Waals surface area contributed by atoms with Gasteiger partial charge in [-0.15, -0.1) is 0 Å². The number of phenolic OH excluding ortho intramolecular Hbond substituents is 1. The maximum absolute atomic E-state index is 11.8. The third-order valence-corrected chi connectivity index (χ3v) is 3.16. The van der Waals surface area contributed by atoms with Gasteiger partial charge < -0.3 is 20.9 Å². The van der Waals surface area contributed by atoms with E-state index in [1.807, 2.05) is 0 Å². The number of benzene rings is 1. The Kier molecular flexibility index (Phi) is 3.65. The summed E-state index contributed by atoms with van der Waals surface area (Å²) in [5.41, 5.74) is 7.69. The van der Waals surface area contributed by atoms with Gasteiger partial charge in [-0.3, -0.25) is 4.79 Å². The monoisotopic (exact) mass is 275 g/mol. The fourth-order valence-electron chi connectivity index (χ4n) is 2.26. The first-order chi connectivity index (χ1) is 9.43. The number of aliphatic imine (C=N–C) groups is 1. The van der Waals surface area contributed by atoms with Crippen molar-refractivity contribution < 1.29 is 14.6 Å². The van der Waals surface area contributed by atoms with Crippen LogP contribution in [-0.4, -0.2) is 24.0 Å². The summed E-state index contributed by atoms with van der Waals surface area (Å²) in [5, 5.41) is 12.5. The quantitative estimate of drug-likeness (QED) is 0.770. The number of hydrogen-bond acceptors (Lipinski definition) is 6. The number of nitrogens with two attached hydrogens (primary N) is 1. The number of carbonyl (C=O) groups is 1. The van der Waals surface area contributed by atoms with E-state index >= 15 is 0 Å². The van der Waals surface area contributed by atoms with Crippen LogP contribution in [0.25, 0.3) is 0 Å². The summed E-state index contributed by atoms with van der Waals surface area (Å²) in [6.45, 7) is 3.27. The fourth-order valence-corrected chi connectivity index (χ4v) is 2.26. The van der Waals surface area contributed by atoms with Crippen molar-refractivity contribution in [1.29, 1.82) is 0 Å². The van der Waals surface area contributed by atoms with Gasteiger partial charge in [0, 0.05) is 11.3 Å². The molecule has 1 heterocycles. The number of aromatic hydroxyl groups is 1. The van der Waals surface area contributed by atoms with Crippen LogP contribution in [0.1, 0.15) is 25.5 Å². The molecule has 0 aliphatic carbocycles. The van der Waals surface area contributed by atoms with Crippen molar-refractivity contribution in [3.8, 4) is 11.5 Å². The van der Waals surface area contributed by atoms with Crippen LogP contribution in [-0.2, 0) is 4.79 Å². The zero-order valence-electron chi connectivity index (χ0n) is 11.6. The van der Waals surface area contributed by atoms with Crippen molar-refractivity contribution in [2.75, 3.05) is 7.11 Å². The molecule has 0 aromatic heterocycles. The maximum atomic E-state index is 11.8. The van der Waals surface area contributed by atoms with Gasteiger partial charge in [-0.25, -0.2) is 4.99 Å². The van der Waals surface area contributed by atoms with Gasteiger partial charge in [0.05, 0.1) is 7.11 Å². The van der Waals surface area contributed by atoms with E-state index in [0.717, 1.165) is 5.56 Å². The molecule has 4 N–H and O–H groups in total. The van der Waals surface area contributed by atoms with Crippen LogP contribution in [0.5, 0.6) is 11.5 Å². The summed E-state index contributed by atoms with van der Waals surface area (Å²) in [4.78, 5) is 16.1. The molecule has 1 aromatic carbocycles. The van der Waals surface area contributed by atoms with E-state index in [-0.39, 0.29) is 17.5 Å². The van der Waals surface area contributed by atoms with Crippen molar-refractivity contribution in [3.63, 3.8) is 0 Å². The lowest BCUT2D eigenvalue weighted by Crippen LogP contribution is -2.36. The van der Waals surface area contributed by atoms with Gasteiger partial charge >= 0.3 is 0 Å². The minimum atomic E-state index is -0.497. The van der Waals surface area contributed by atoms with Crippen LogP contribution in [0.2, 0.25) is 0 Å². The number of ketones is 1. The molecule has 0 amide bonds. The molecular weight excluding hydrogens is 258 g/mol. The molecule has 20 heavy (non-hydrogen) atoms. The summed E-state index contributed by atoms with van der Waals surface area (Å²) in [7, 11) is 1.46. The van der Waals surface area contributed by atoms with Gasteiger partial charge in [-0.1, -0.05) is 6.07 Å². The predicted octanol–water partition coefficient (Wildman–Crippen LogP) is 1.22. The van der Waals surface area contributed by atoms with E-state index in [1.54, 1.807) is 19.1 Å². The normalized spacial score (nSPS) is 18.4. The molecule has 0 unspecified atom stereocenters. The van der Waals surface area contributed by atoms with Crippen molar-refractivity contribution >= 4 is 11.7 Å². The number of carbonyl (C=O) groups excluding carboxylic acids is 1. The topological polar surface area (TPSA) is 96.9 Å². The molecule has 0 spiro atoms. The lowest BCUT2D eigenvalue weighted by molar-refractivity contribution is -0.113. The molecule has 2 rings (SSSR count). The van der Waals surface area contributed by atoms with Gasteiger partial charge in [0.1, 0.15) is 6.04 Å². The lowest BCUT2D eigenvalue weighted by atomic mass is 9.93.